The van der Waals surface area contributed by atoms with Crippen LogP contribution in [0.1, 0.15) is 18.9 Å². The first-order valence-corrected chi connectivity index (χ1v) is 6.87. The summed E-state index contributed by atoms with van der Waals surface area (Å²) in [5.41, 5.74) is 0.566. The van der Waals surface area contributed by atoms with E-state index in [0.717, 1.165) is 0 Å². The summed E-state index contributed by atoms with van der Waals surface area (Å²) in [6.45, 7) is 2.04. The molecule has 0 radical (unpaired) electrons. The highest BCUT2D eigenvalue weighted by atomic mass is 32.2. The van der Waals surface area contributed by atoms with Crippen LogP contribution in [0.15, 0.2) is 34.2 Å². The number of nitrogens with zero attached hydrogens (tertiary/aromatic N) is 1. The monoisotopic (exact) mass is 254 g/mol. The van der Waals surface area contributed by atoms with Crippen LogP contribution in [0.5, 0.6) is 0 Å². The number of aliphatic hydroxyl groups excluding tert-OH is 1. The Morgan fingerprint density at radius 3 is 2.82 bits per heavy atom. The van der Waals surface area contributed by atoms with E-state index in [1.54, 1.807) is 18.2 Å². The van der Waals surface area contributed by atoms with Crippen molar-refractivity contribution >= 4 is 15.9 Å². The van der Waals surface area contributed by atoms with Crippen LogP contribution in [0, 0.1) is 0 Å². The number of nitrogens with one attached hydrogen (secondary N) is 1. The normalized spacial score (nSPS) is 20.9. The fraction of sp³-hybridized carbons (Fsp3) is 0.364. The van der Waals surface area contributed by atoms with Crippen molar-refractivity contribution in [2.75, 3.05) is 6.54 Å². The number of sulfonamides is 1. The summed E-state index contributed by atoms with van der Waals surface area (Å²) in [5, 5.41) is 9.41. The Balaban J connectivity index is 2.35. The zero-order chi connectivity index (χ0) is 12.5. The second kappa shape index (κ2) is 4.46. The Kier molecular flexibility index (Phi) is 3.17. The minimum Gasteiger partial charge on any atom is -0.391 e. The molecule has 1 aliphatic rings. The lowest BCUT2D eigenvalue weighted by Crippen LogP contribution is -2.23. The van der Waals surface area contributed by atoms with Crippen LogP contribution >= 0.6 is 0 Å². The van der Waals surface area contributed by atoms with E-state index in [1.807, 2.05) is 6.92 Å². The zero-order valence-electron chi connectivity index (χ0n) is 9.42. The summed E-state index contributed by atoms with van der Waals surface area (Å²) >= 11 is 0. The van der Waals surface area contributed by atoms with E-state index in [0.29, 0.717) is 17.8 Å². The highest BCUT2D eigenvalue weighted by molar-refractivity contribution is 7.90. The van der Waals surface area contributed by atoms with Crippen molar-refractivity contribution in [3.63, 3.8) is 0 Å². The first kappa shape index (κ1) is 12.1. The van der Waals surface area contributed by atoms with Crippen LogP contribution in [0.3, 0.4) is 0 Å². The average molecular weight is 254 g/mol. The molecule has 0 saturated heterocycles. The average Bonchev–Trinajstić information content (AvgIpc) is 2.59. The molecule has 17 heavy (non-hydrogen) atoms. The highest BCUT2D eigenvalue weighted by Gasteiger charge is 2.29. The van der Waals surface area contributed by atoms with Crippen molar-refractivity contribution < 1.29 is 13.5 Å². The molecule has 0 spiro atoms. The third kappa shape index (κ3) is 2.32. The number of aliphatic hydroxyl groups is 1. The molecule has 1 aromatic carbocycles. The SMILES string of the molecule is CCC(O)CN=C1NS(=O)(=O)c2ccccc21. The molecule has 2 N–H and O–H groups in total. The molecule has 0 amide bonds. The molecular formula is C11H14N2O3S. The molecule has 1 aliphatic heterocycles. The predicted octanol–water partition coefficient (Wildman–Crippen LogP) is 0.496. The van der Waals surface area contributed by atoms with Gasteiger partial charge in [-0.3, -0.25) is 9.71 Å². The minimum atomic E-state index is -3.47. The molecule has 6 heteroatoms. The molecule has 0 bridgehead atoms. The van der Waals surface area contributed by atoms with E-state index in [1.165, 1.54) is 6.07 Å². The Hall–Kier alpha value is -1.40. The molecule has 0 aliphatic carbocycles. The molecule has 0 aromatic heterocycles. The van der Waals surface area contributed by atoms with Gasteiger partial charge in [0.1, 0.15) is 5.84 Å². The van der Waals surface area contributed by atoms with E-state index in [9.17, 15) is 13.5 Å². The molecule has 1 atom stereocenters. The number of hydrogen-bond acceptors (Lipinski definition) is 4. The Bertz CT molecular complexity index is 552. The Morgan fingerprint density at radius 2 is 2.12 bits per heavy atom. The van der Waals surface area contributed by atoms with Crippen molar-refractivity contribution in [3.05, 3.63) is 29.8 Å². The molecule has 1 heterocycles. The van der Waals surface area contributed by atoms with Crippen LogP contribution < -0.4 is 4.72 Å². The Labute approximate surface area is 100 Å². The van der Waals surface area contributed by atoms with Crippen molar-refractivity contribution in [2.24, 2.45) is 4.99 Å². The first-order chi connectivity index (χ1) is 8.04. The maximum absolute atomic E-state index is 11.7. The van der Waals surface area contributed by atoms with Gasteiger partial charge in [0, 0.05) is 5.56 Å². The smallest absolute Gasteiger partial charge is 0.263 e. The van der Waals surface area contributed by atoms with Gasteiger partial charge in [0.25, 0.3) is 10.0 Å². The van der Waals surface area contributed by atoms with Crippen LogP contribution in [-0.4, -0.2) is 32.0 Å². The molecule has 0 saturated carbocycles. The van der Waals surface area contributed by atoms with Crippen LogP contribution in [0.25, 0.3) is 0 Å². The number of benzene rings is 1. The number of hydrogen-bond donors (Lipinski definition) is 2. The van der Waals surface area contributed by atoms with Gasteiger partial charge in [-0.05, 0) is 18.6 Å². The largest absolute Gasteiger partial charge is 0.391 e. The second-order valence-corrected chi connectivity index (χ2v) is 5.50. The van der Waals surface area contributed by atoms with Crippen molar-refractivity contribution in [3.8, 4) is 0 Å². The van der Waals surface area contributed by atoms with Gasteiger partial charge in [-0.15, -0.1) is 0 Å². The number of rotatable bonds is 3. The van der Waals surface area contributed by atoms with Gasteiger partial charge in [-0.2, -0.15) is 0 Å². The van der Waals surface area contributed by atoms with E-state index >= 15 is 0 Å². The van der Waals surface area contributed by atoms with E-state index in [4.69, 9.17) is 0 Å². The minimum absolute atomic E-state index is 0.197. The molecule has 2 rings (SSSR count). The van der Waals surface area contributed by atoms with Gasteiger partial charge >= 0.3 is 0 Å². The molecule has 0 fully saturated rings. The third-order valence-electron chi connectivity index (χ3n) is 2.59. The van der Waals surface area contributed by atoms with Crippen molar-refractivity contribution in [2.45, 2.75) is 24.3 Å². The van der Waals surface area contributed by atoms with E-state index in [2.05, 4.69) is 9.71 Å². The lowest BCUT2D eigenvalue weighted by atomic mass is 10.2. The second-order valence-electron chi connectivity index (χ2n) is 3.85. The number of aliphatic imine (C=N–C) groups is 1. The molecule has 1 unspecified atom stereocenters. The maximum Gasteiger partial charge on any atom is 0.263 e. The fourth-order valence-corrected chi connectivity index (χ4v) is 2.83. The van der Waals surface area contributed by atoms with Gasteiger partial charge in [0.2, 0.25) is 0 Å². The topological polar surface area (TPSA) is 78.8 Å². The van der Waals surface area contributed by atoms with Gasteiger partial charge in [-0.25, -0.2) is 8.42 Å². The van der Waals surface area contributed by atoms with Crippen LogP contribution in [0.4, 0.5) is 0 Å². The first-order valence-electron chi connectivity index (χ1n) is 5.39. The molecule has 92 valence electrons. The van der Waals surface area contributed by atoms with Gasteiger partial charge in [0.05, 0.1) is 17.5 Å². The Morgan fingerprint density at radius 1 is 1.41 bits per heavy atom. The number of amidine groups is 1. The summed E-state index contributed by atoms with van der Waals surface area (Å²) in [6.07, 6.45) is 0.0466. The van der Waals surface area contributed by atoms with Crippen LogP contribution in [0.2, 0.25) is 0 Å². The van der Waals surface area contributed by atoms with Crippen molar-refractivity contribution in [1.29, 1.82) is 0 Å². The van der Waals surface area contributed by atoms with Crippen LogP contribution in [-0.2, 0) is 10.0 Å². The number of fused-ring (bicyclic) bond motifs is 1. The predicted molar refractivity (Wildman–Crippen MR) is 64.5 cm³/mol. The summed E-state index contributed by atoms with van der Waals surface area (Å²) in [7, 11) is -3.47. The fourth-order valence-electron chi connectivity index (χ4n) is 1.58. The standard InChI is InChI=1S/C11H14N2O3S/c1-2-8(14)7-12-11-9-5-3-4-6-10(9)17(15,16)13-11/h3-6,8,14H,2,7H2,1H3,(H,12,13). The lowest BCUT2D eigenvalue weighted by molar-refractivity contribution is 0.179. The summed E-state index contributed by atoms with van der Waals surface area (Å²) in [6, 6.07) is 6.66. The summed E-state index contributed by atoms with van der Waals surface area (Å²) < 4.78 is 25.8. The van der Waals surface area contributed by atoms with Gasteiger partial charge < -0.3 is 5.11 Å². The molecule has 5 nitrogen and oxygen atoms in total. The van der Waals surface area contributed by atoms with Crippen molar-refractivity contribution in [1.82, 2.24) is 4.72 Å². The third-order valence-corrected chi connectivity index (χ3v) is 3.99. The molecular weight excluding hydrogens is 240 g/mol. The zero-order valence-corrected chi connectivity index (χ0v) is 10.2. The quantitative estimate of drug-likeness (QED) is 0.824. The van der Waals surface area contributed by atoms with Gasteiger partial charge in [0.15, 0.2) is 0 Å². The van der Waals surface area contributed by atoms with Gasteiger partial charge in [-0.1, -0.05) is 19.1 Å². The summed E-state index contributed by atoms with van der Waals surface area (Å²) in [4.78, 5) is 4.35. The molecule has 1 aromatic rings. The van der Waals surface area contributed by atoms with E-state index in [-0.39, 0.29) is 11.4 Å². The summed E-state index contributed by atoms with van der Waals surface area (Å²) in [5.74, 6) is 0.313. The van der Waals surface area contributed by atoms with E-state index < -0.39 is 16.1 Å². The maximum atomic E-state index is 11.7. The lowest BCUT2D eigenvalue weighted by Gasteiger charge is -2.04. The highest BCUT2D eigenvalue weighted by Crippen LogP contribution is 2.22.